The van der Waals surface area contributed by atoms with Crippen molar-refractivity contribution in [3.8, 4) is 10.4 Å². The fourth-order valence-electron chi connectivity index (χ4n) is 4.68. The summed E-state index contributed by atoms with van der Waals surface area (Å²) in [7, 11) is 2.18. The zero-order chi connectivity index (χ0) is 19.5. The van der Waals surface area contributed by atoms with Gasteiger partial charge in [-0.05, 0) is 76.2 Å². The predicted octanol–water partition coefficient (Wildman–Crippen LogP) is 5.67. The van der Waals surface area contributed by atoms with Crippen molar-refractivity contribution in [3.63, 3.8) is 0 Å². The number of hydrogen-bond acceptors (Lipinski definition) is 3. The zero-order valence-corrected chi connectivity index (χ0v) is 18.0. The van der Waals surface area contributed by atoms with Gasteiger partial charge in [-0.1, -0.05) is 37.3 Å². The molecule has 28 heavy (non-hydrogen) atoms. The van der Waals surface area contributed by atoms with Gasteiger partial charge in [0.2, 0.25) is 5.91 Å². The Hall–Kier alpha value is -1.65. The number of carbonyl (C=O) groups excluding carboxylic acids is 1. The van der Waals surface area contributed by atoms with Crippen molar-refractivity contribution < 1.29 is 4.79 Å². The van der Waals surface area contributed by atoms with E-state index in [2.05, 4.69) is 65.5 Å². The number of piperidine rings is 1. The van der Waals surface area contributed by atoms with Crippen LogP contribution < -0.4 is 4.90 Å². The minimum absolute atomic E-state index is 0.205. The molecule has 0 bridgehead atoms. The van der Waals surface area contributed by atoms with Gasteiger partial charge >= 0.3 is 0 Å². The van der Waals surface area contributed by atoms with Gasteiger partial charge in [-0.25, -0.2) is 0 Å². The molecule has 1 saturated heterocycles. The van der Waals surface area contributed by atoms with Crippen molar-refractivity contribution in [2.45, 2.75) is 51.5 Å². The molecular weight excluding hydrogens is 364 g/mol. The van der Waals surface area contributed by atoms with Crippen LogP contribution in [0.5, 0.6) is 0 Å². The van der Waals surface area contributed by atoms with Crippen molar-refractivity contribution >= 4 is 22.9 Å². The Morgan fingerprint density at radius 1 is 1.04 bits per heavy atom. The van der Waals surface area contributed by atoms with Gasteiger partial charge in [0.25, 0.3) is 0 Å². The van der Waals surface area contributed by atoms with E-state index in [-0.39, 0.29) is 5.92 Å². The topological polar surface area (TPSA) is 23.6 Å². The van der Waals surface area contributed by atoms with Gasteiger partial charge in [0.15, 0.2) is 0 Å². The number of nitrogens with zero attached hydrogens (tertiary/aromatic N) is 2. The third-order valence-electron chi connectivity index (χ3n) is 6.58. The number of rotatable bonds is 4. The first-order valence-corrected chi connectivity index (χ1v) is 11.7. The highest BCUT2D eigenvalue weighted by atomic mass is 32.1. The zero-order valence-electron chi connectivity index (χ0n) is 17.1. The molecule has 1 aliphatic carbocycles. The summed E-state index contributed by atoms with van der Waals surface area (Å²) >= 11 is 1.76. The van der Waals surface area contributed by atoms with Crippen LogP contribution in [-0.4, -0.2) is 37.0 Å². The maximum atomic E-state index is 13.6. The second kappa shape index (κ2) is 8.79. The van der Waals surface area contributed by atoms with E-state index >= 15 is 0 Å². The van der Waals surface area contributed by atoms with E-state index < -0.39 is 0 Å². The van der Waals surface area contributed by atoms with Crippen LogP contribution in [0, 0.1) is 11.8 Å². The largest absolute Gasteiger partial charge is 0.308 e. The summed E-state index contributed by atoms with van der Waals surface area (Å²) in [6, 6.07) is 13.1. The molecule has 0 unspecified atom stereocenters. The van der Waals surface area contributed by atoms with Crippen LogP contribution in [0.1, 0.15) is 45.4 Å². The molecule has 0 spiro atoms. The first-order valence-electron chi connectivity index (χ1n) is 10.8. The van der Waals surface area contributed by atoms with E-state index in [9.17, 15) is 4.79 Å². The molecule has 3 nitrogen and oxygen atoms in total. The summed E-state index contributed by atoms with van der Waals surface area (Å²) in [4.78, 5) is 19.5. The average molecular weight is 397 g/mol. The fourth-order valence-corrected chi connectivity index (χ4v) is 5.57. The quantitative estimate of drug-likeness (QED) is 0.665. The smallest absolute Gasteiger partial charge is 0.230 e. The Kier molecular flexibility index (Phi) is 6.17. The summed E-state index contributed by atoms with van der Waals surface area (Å²) in [5.41, 5.74) is 2.35. The van der Waals surface area contributed by atoms with Crippen LogP contribution in [0.15, 0.2) is 41.8 Å². The van der Waals surface area contributed by atoms with Crippen LogP contribution in [0.2, 0.25) is 0 Å². The highest BCUT2D eigenvalue weighted by Gasteiger charge is 2.34. The van der Waals surface area contributed by atoms with Gasteiger partial charge in [-0.15, -0.1) is 11.3 Å². The molecule has 1 aromatic heterocycles. The Morgan fingerprint density at radius 2 is 1.71 bits per heavy atom. The molecule has 4 rings (SSSR count). The van der Waals surface area contributed by atoms with E-state index in [0.29, 0.717) is 11.9 Å². The first kappa shape index (κ1) is 19.7. The monoisotopic (exact) mass is 396 g/mol. The van der Waals surface area contributed by atoms with Crippen molar-refractivity contribution in [3.05, 3.63) is 41.8 Å². The highest BCUT2D eigenvalue weighted by Crippen LogP contribution is 2.37. The van der Waals surface area contributed by atoms with E-state index in [0.717, 1.165) is 50.4 Å². The Bertz CT molecular complexity index is 771. The van der Waals surface area contributed by atoms with Gasteiger partial charge in [0, 0.05) is 22.2 Å². The van der Waals surface area contributed by atoms with E-state index in [1.807, 2.05) is 0 Å². The van der Waals surface area contributed by atoms with Crippen LogP contribution in [0.3, 0.4) is 0 Å². The first-order chi connectivity index (χ1) is 13.6. The van der Waals surface area contributed by atoms with E-state index in [1.54, 1.807) is 11.3 Å². The summed E-state index contributed by atoms with van der Waals surface area (Å²) in [5, 5.41) is 2.20. The van der Waals surface area contributed by atoms with Crippen molar-refractivity contribution in [1.82, 2.24) is 4.90 Å². The Balaban J connectivity index is 1.60. The second-order valence-corrected chi connectivity index (χ2v) is 9.65. The lowest BCUT2D eigenvalue weighted by Gasteiger charge is -2.39. The third-order valence-corrected chi connectivity index (χ3v) is 7.54. The molecule has 2 aliphatic rings. The molecule has 0 atom stereocenters. The lowest BCUT2D eigenvalue weighted by molar-refractivity contribution is -0.124. The van der Waals surface area contributed by atoms with Crippen molar-refractivity contribution in [2.24, 2.45) is 11.8 Å². The number of amides is 1. The number of anilines is 1. The predicted molar refractivity (Wildman–Crippen MR) is 119 cm³/mol. The third kappa shape index (κ3) is 4.33. The molecule has 1 saturated carbocycles. The maximum Gasteiger partial charge on any atom is 0.230 e. The normalized spacial score (nSPS) is 24.2. The summed E-state index contributed by atoms with van der Waals surface area (Å²) in [6.45, 7) is 4.47. The SMILES string of the molecule is CC1CCC(C(=O)N(c2csc(-c3ccccc3)c2)C2CCN(C)CC2)CC1. The summed E-state index contributed by atoms with van der Waals surface area (Å²) < 4.78 is 0. The molecule has 1 aliphatic heterocycles. The maximum absolute atomic E-state index is 13.6. The number of hydrogen-bond donors (Lipinski definition) is 0. The molecule has 0 radical (unpaired) electrons. The van der Waals surface area contributed by atoms with Crippen molar-refractivity contribution in [2.75, 3.05) is 25.0 Å². The van der Waals surface area contributed by atoms with E-state index in [4.69, 9.17) is 0 Å². The standard InChI is InChI=1S/C24H32N2OS/c1-18-8-10-20(11-9-18)24(27)26(21-12-14-25(2)15-13-21)22-16-23(28-17-22)19-6-4-3-5-7-19/h3-7,16-18,20-21H,8-15H2,1-2H3. The van der Waals surface area contributed by atoms with Crippen LogP contribution in [0.25, 0.3) is 10.4 Å². The molecular formula is C24H32N2OS. The minimum atomic E-state index is 0.205. The summed E-state index contributed by atoms with van der Waals surface area (Å²) in [6.07, 6.45) is 6.63. The molecule has 1 amide bonds. The molecule has 150 valence electrons. The lowest BCUT2D eigenvalue weighted by atomic mass is 9.82. The van der Waals surface area contributed by atoms with Gasteiger partial charge in [0.05, 0.1) is 5.69 Å². The van der Waals surface area contributed by atoms with E-state index in [1.165, 1.54) is 23.3 Å². The Labute approximate surface area is 173 Å². The van der Waals surface area contributed by atoms with Crippen LogP contribution in [-0.2, 0) is 4.79 Å². The van der Waals surface area contributed by atoms with Gasteiger partial charge < -0.3 is 9.80 Å². The minimum Gasteiger partial charge on any atom is -0.308 e. The molecule has 1 aromatic carbocycles. The van der Waals surface area contributed by atoms with Gasteiger partial charge in [-0.2, -0.15) is 0 Å². The molecule has 0 N–H and O–H groups in total. The average Bonchev–Trinajstić information content (AvgIpc) is 3.20. The number of thiophene rings is 1. The Morgan fingerprint density at radius 3 is 2.39 bits per heavy atom. The van der Waals surface area contributed by atoms with Crippen LogP contribution >= 0.6 is 11.3 Å². The number of benzene rings is 1. The molecule has 2 heterocycles. The number of carbonyl (C=O) groups is 1. The van der Waals surface area contributed by atoms with Gasteiger partial charge in [-0.3, -0.25) is 4.79 Å². The molecule has 2 aromatic rings. The van der Waals surface area contributed by atoms with Gasteiger partial charge in [0.1, 0.15) is 0 Å². The summed E-state index contributed by atoms with van der Waals surface area (Å²) in [5.74, 6) is 1.35. The number of likely N-dealkylation sites (tertiary alicyclic amines) is 1. The molecule has 4 heteroatoms. The van der Waals surface area contributed by atoms with Crippen LogP contribution in [0.4, 0.5) is 5.69 Å². The fraction of sp³-hybridized carbons (Fsp3) is 0.542. The highest BCUT2D eigenvalue weighted by molar-refractivity contribution is 7.14. The lowest BCUT2D eigenvalue weighted by Crippen LogP contribution is -2.49. The second-order valence-electron chi connectivity index (χ2n) is 8.73. The van der Waals surface area contributed by atoms with Crippen molar-refractivity contribution in [1.29, 1.82) is 0 Å². The molecule has 2 fully saturated rings.